The molecule has 2 rings (SSSR count). The summed E-state index contributed by atoms with van der Waals surface area (Å²) in [6.07, 6.45) is 0.950. The second-order valence-corrected chi connectivity index (χ2v) is 7.27. The number of guanidine groups is 1. The van der Waals surface area contributed by atoms with Crippen LogP contribution in [0.5, 0.6) is 0 Å². The Hall–Kier alpha value is -2.82. The molecule has 29 heavy (non-hydrogen) atoms. The van der Waals surface area contributed by atoms with E-state index in [2.05, 4.69) is 47.7 Å². The Labute approximate surface area is 175 Å². The largest absolute Gasteiger partial charge is 0.356 e. The molecular formula is C24H34N4O. The third-order valence-corrected chi connectivity index (χ3v) is 4.92. The van der Waals surface area contributed by atoms with Gasteiger partial charge in [0.05, 0.1) is 0 Å². The zero-order valence-electron chi connectivity index (χ0n) is 18.4. The van der Waals surface area contributed by atoms with Crippen molar-refractivity contribution >= 4 is 11.9 Å². The van der Waals surface area contributed by atoms with Crippen LogP contribution in [0, 0.1) is 13.8 Å². The number of carbonyl (C=O) groups excluding carboxylic acids is 1. The van der Waals surface area contributed by atoms with Gasteiger partial charge in [-0.15, -0.1) is 0 Å². The predicted molar refractivity (Wildman–Crippen MR) is 122 cm³/mol. The van der Waals surface area contributed by atoms with Gasteiger partial charge in [0.15, 0.2) is 5.96 Å². The lowest BCUT2D eigenvalue weighted by Gasteiger charge is -2.18. The van der Waals surface area contributed by atoms with Gasteiger partial charge in [0, 0.05) is 38.8 Å². The second-order valence-electron chi connectivity index (χ2n) is 7.27. The molecule has 0 radical (unpaired) electrons. The number of carbonyl (C=O) groups is 1. The minimum absolute atomic E-state index is 0.0818. The number of amides is 1. The van der Waals surface area contributed by atoms with Crippen LogP contribution in [0.4, 0.5) is 0 Å². The summed E-state index contributed by atoms with van der Waals surface area (Å²) in [6.45, 7) is 11.2. The Bertz CT molecular complexity index is 803. The Morgan fingerprint density at radius 1 is 0.931 bits per heavy atom. The molecule has 2 aromatic rings. The average molecular weight is 395 g/mol. The van der Waals surface area contributed by atoms with Crippen molar-refractivity contribution in [2.24, 2.45) is 4.99 Å². The zero-order chi connectivity index (χ0) is 21.2. The molecule has 5 heteroatoms. The van der Waals surface area contributed by atoms with Crippen molar-refractivity contribution in [3.05, 3.63) is 70.3 Å². The number of hydrogen-bond donors (Lipinski definition) is 2. The van der Waals surface area contributed by atoms with Gasteiger partial charge >= 0.3 is 0 Å². The molecule has 0 aliphatic carbocycles. The normalized spacial score (nSPS) is 11.3. The molecule has 0 bridgehead atoms. The number of aliphatic imine (C=N–C) groups is 1. The van der Waals surface area contributed by atoms with Gasteiger partial charge in [-0.25, -0.2) is 0 Å². The molecule has 2 N–H and O–H groups in total. The molecule has 0 spiro atoms. The molecule has 156 valence electrons. The van der Waals surface area contributed by atoms with E-state index < -0.39 is 0 Å². The van der Waals surface area contributed by atoms with Crippen molar-refractivity contribution in [1.82, 2.24) is 15.5 Å². The molecule has 0 heterocycles. The first-order chi connectivity index (χ1) is 14.0. The van der Waals surface area contributed by atoms with E-state index in [1.807, 2.05) is 43.0 Å². The summed E-state index contributed by atoms with van der Waals surface area (Å²) in [7, 11) is 1.78. The van der Waals surface area contributed by atoms with Crippen LogP contribution in [-0.4, -0.2) is 43.4 Å². The van der Waals surface area contributed by atoms with Crippen LogP contribution >= 0.6 is 0 Å². The molecule has 0 atom stereocenters. The Kier molecular flexibility index (Phi) is 8.71. The van der Waals surface area contributed by atoms with Crippen molar-refractivity contribution < 1.29 is 4.79 Å². The van der Waals surface area contributed by atoms with Crippen LogP contribution in [0.15, 0.2) is 47.5 Å². The summed E-state index contributed by atoms with van der Waals surface area (Å²) >= 11 is 0. The Morgan fingerprint density at radius 3 is 2.10 bits per heavy atom. The van der Waals surface area contributed by atoms with Gasteiger partial charge in [-0.2, -0.15) is 0 Å². The quantitative estimate of drug-likeness (QED) is 0.530. The summed E-state index contributed by atoms with van der Waals surface area (Å²) in [5, 5.41) is 6.70. The van der Waals surface area contributed by atoms with Crippen molar-refractivity contribution in [1.29, 1.82) is 0 Å². The van der Waals surface area contributed by atoms with Gasteiger partial charge in [-0.3, -0.25) is 9.79 Å². The number of nitrogens with zero attached hydrogens (tertiary/aromatic N) is 2. The topological polar surface area (TPSA) is 56.7 Å². The number of aryl methyl sites for hydroxylation is 2. The van der Waals surface area contributed by atoms with Crippen LogP contribution in [0.25, 0.3) is 0 Å². The van der Waals surface area contributed by atoms with Gasteiger partial charge in [0.1, 0.15) is 0 Å². The Balaban J connectivity index is 1.83. The molecule has 5 nitrogen and oxygen atoms in total. The third kappa shape index (κ3) is 6.93. The molecule has 0 saturated heterocycles. The first kappa shape index (κ1) is 22.5. The van der Waals surface area contributed by atoms with E-state index in [1.54, 1.807) is 7.05 Å². The van der Waals surface area contributed by atoms with Crippen LogP contribution in [0.2, 0.25) is 0 Å². The van der Waals surface area contributed by atoms with Gasteiger partial charge in [0.25, 0.3) is 5.91 Å². The van der Waals surface area contributed by atoms with Gasteiger partial charge in [-0.1, -0.05) is 41.5 Å². The highest BCUT2D eigenvalue weighted by atomic mass is 16.2. The number of hydrogen-bond acceptors (Lipinski definition) is 2. The van der Waals surface area contributed by atoms with Gasteiger partial charge in [-0.05, 0) is 57.4 Å². The summed E-state index contributed by atoms with van der Waals surface area (Å²) in [6, 6.07) is 14.4. The van der Waals surface area contributed by atoms with E-state index in [4.69, 9.17) is 0 Å². The van der Waals surface area contributed by atoms with Crippen LogP contribution < -0.4 is 10.6 Å². The highest BCUT2D eigenvalue weighted by Gasteiger charge is 2.11. The smallest absolute Gasteiger partial charge is 0.253 e. The SMILES string of the molecule is CCN(CC)C(=O)c1ccc(CNC(=NC)NCCc2cc(C)cc(C)c2)cc1. The fourth-order valence-corrected chi connectivity index (χ4v) is 3.40. The summed E-state index contributed by atoms with van der Waals surface area (Å²) in [4.78, 5) is 18.5. The van der Waals surface area contributed by atoms with Crippen molar-refractivity contribution in [2.45, 2.75) is 40.7 Å². The van der Waals surface area contributed by atoms with E-state index in [0.717, 1.165) is 43.1 Å². The Morgan fingerprint density at radius 2 is 1.55 bits per heavy atom. The van der Waals surface area contributed by atoms with Crippen molar-refractivity contribution in [3.8, 4) is 0 Å². The first-order valence-corrected chi connectivity index (χ1v) is 10.4. The standard InChI is InChI=1S/C24H34N4O/c1-6-28(7-2)23(29)22-10-8-20(9-11-22)17-27-24(25-5)26-13-12-21-15-18(3)14-19(4)16-21/h8-11,14-16H,6-7,12-13,17H2,1-5H3,(H2,25,26,27). The molecule has 0 aliphatic rings. The summed E-state index contributed by atoms with van der Waals surface area (Å²) in [5.74, 6) is 0.857. The molecule has 0 saturated carbocycles. The second kappa shape index (κ2) is 11.2. The number of nitrogens with one attached hydrogen (secondary N) is 2. The molecule has 0 unspecified atom stereocenters. The van der Waals surface area contributed by atoms with E-state index in [0.29, 0.717) is 6.54 Å². The lowest BCUT2D eigenvalue weighted by molar-refractivity contribution is 0.0773. The van der Waals surface area contributed by atoms with Crippen molar-refractivity contribution in [3.63, 3.8) is 0 Å². The van der Waals surface area contributed by atoms with Crippen LogP contribution in [0.1, 0.15) is 46.5 Å². The predicted octanol–water partition coefficient (Wildman–Crippen LogP) is 3.69. The highest BCUT2D eigenvalue weighted by Crippen LogP contribution is 2.09. The summed E-state index contributed by atoms with van der Waals surface area (Å²) in [5.41, 5.74) is 5.77. The maximum Gasteiger partial charge on any atom is 0.253 e. The highest BCUT2D eigenvalue weighted by molar-refractivity contribution is 5.94. The first-order valence-electron chi connectivity index (χ1n) is 10.4. The van der Waals surface area contributed by atoms with E-state index in [1.165, 1.54) is 16.7 Å². The third-order valence-electron chi connectivity index (χ3n) is 4.92. The fourth-order valence-electron chi connectivity index (χ4n) is 3.40. The lowest BCUT2D eigenvalue weighted by atomic mass is 10.1. The van der Waals surface area contributed by atoms with E-state index in [-0.39, 0.29) is 5.91 Å². The minimum Gasteiger partial charge on any atom is -0.356 e. The molecule has 0 aromatic heterocycles. The van der Waals surface area contributed by atoms with Crippen LogP contribution in [-0.2, 0) is 13.0 Å². The maximum atomic E-state index is 12.4. The van der Waals surface area contributed by atoms with E-state index >= 15 is 0 Å². The van der Waals surface area contributed by atoms with Crippen molar-refractivity contribution in [2.75, 3.05) is 26.7 Å². The molecule has 2 aromatic carbocycles. The van der Waals surface area contributed by atoms with Gasteiger partial charge in [0.2, 0.25) is 0 Å². The summed E-state index contributed by atoms with van der Waals surface area (Å²) < 4.78 is 0. The molecule has 0 fully saturated rings. The number of rotatable bonds is 8. The number of benzene rings is 2. The van der Waals surface area contributed by atoms with E-state index in [9.17, 15) is 4.79 Å². The molecule has 0 aliphatic heterocycles. The lowest BCUT2D eigenvalue weighted by Crippen LogP contribution is -2.37. The molecular weight excluding hydrogens is 360 g/mol. The monoisotopic (exact) mass is 394 g/mol. The van der Waals surface area contributed by atoms with Gasteiger partial charge < -0.3 is 15.5 Å². The molecule has 1 amide bonds. The zero-order valence-corrected chi connectivity index (χ0v) is 18.4. The minimum atomic E-state index is 0.0818. The maximum absolute atomic E-state index is 12.4. The van der Waals surface area contributed by atoms with Crippen LogP contribution in [0.3, 0.4) is 0 Å². The fraction of sp³-hybridized carbons (Fsp3) is 0.417. The average Bonchev–Trinajstić information content (AvgIpc) is 2.71.